The highest BCUT2D eigenvalue weighted by Crippen LogP contribution is 2.10. The second-order valence-electron chi connectivity index (χ2n) is 4.32. The lowest BCUT2D eigenvalue weighted by Crippen LogP contribution is -2.53. The Morgan fingerprint density at radius 2 is 2.44 bits per heavy atom. The van der Waals surface area contributed by atoms with E-state index in [-0.39, 0.29) is 24.4 Å². The van der Waals surface area contributed by atoms with Crippen molar-refractivity contribution in [1.82, 2.24) is 15.4 Å². The predicted octanol–water partition coefficient (Wildman–Crippen LogP) is -0.258. The average molecular weight is 252 g/mol. The first-order valence-electron chi connectivity index (χ1n) is 5.81. The maximum Gasteiger partial charge on any atom is 0.243 e. The molecule has 2 N–H and O–H groups in total. The van der Waals surface area contributed by atoms with Crippen LogP contribution < -0.4 is 10.6 Å². The molecule has 0 spiro atoms. The Morgan fingerprint density at radius 3 is 3.06 bits per heavy atom. The molecule has 1 aromatic rings. The molecule has 2 amide bonds. The van der Waals surface area contributed by atoms with Gasteiger partial charge in [0, 0.05) is 19.2 Å². The third-order valence-corrected chi connectivity index (χ3v) is 2.87. The summed E-state index contributed by atoms with van der Waals surface area (Å²) < 4.78 is 4.91. The number of hydrogen-bond donors (Lipinski definition) is 2. The molecule has 1 aromatic heterocycles. The highest BCUT2D eigenvalue weighted by molar-refractivity contribution is 5.94. The number of nitrogens with zero attached hydrogens (tertiary/aromatic N) is 2. The summed E-state index contributed by atoms with van der Waals surface area (Å²) in [6, 6.07) is 1.26. The monoisotopic (exact) mass is 252 g/mol. The Bertz CT molecular complexity index is 457. The van der Waals surface area contributed by atoms with E-state index < -0.39 is 0 Å². The highest BCUT2D eigenvalue weighted by atomic mass is 16.5. The van der Waals surface area contributed by atoms with Crippen molar-refractivity contribution in [1.29, 1.82) is 0 Å². The van der Waals surface area contributed by atoms with Crippen LogP contribution in [0.25, 0.3) is 0 Å². The number of carbonyl (C=O) groups is 2. The number of piperazine rings is 1. The topological polar surface area (TPSA) is 87.5 Å². The largest absolute Gasteiger partial charge is 0.354 e. The molecule has 0 radical (unpaired) electrons. The Labute approximate surface area is 104 Å². The van der Waals surface area contributed by atoms with Gasteiger partial charge in [-0.1, -0.05) is 5.16 Å². The maximum atomic E-state index is 12.0. The molecule has 2 heterocycles. The second kappa shape index (κ2) is 5.18. The first-order chi connectivity index (χ1) is 8.56. The molecule has 0 bridgehead atoms. The zero-order chi connectivity index (χ0) is 13.1. The lowest BCUT2D eigenvalue weighted by atomic mass is 10.2. The number of aromatic nitrogens is 1. The van der Waals surface area contributed by atoms with Gasteiger partial charge in [0.1, 0.15) is 0 Å². The zero-order valence-corrected chi connectivity index (χ0v) is 10.4. The maximum absolute atomic E-state index is 12.0. The number of nitrogens with one attached hydrogen (secondary N) is 2. The molecule has 2 rings (SSSR count). The Hall–Kier alpha value is -1.89. The molecule has 18 heavy (non-hydrogen) atoms. The van der Waals surface area contributed by atoms with Gasteiger partial charge in [-0.15, -0.1) is 0 Å². The van der Waals surface area contributed by atoms with E-state index in [0.29, 0.717) is 24.7 Å². The van der Waals surface area contributed by atoms with Gasteiger partial charge >= 0.3 is 0 Å². The molecular weight excluding hydrogens is 236 g/mol. The van der Waals surface area contributed by atoms with Crippen molar-refractivity contribution >= 4 is 17.7 Å². The summed E-state index contributed by atoms with van der Waals surface area (Å²) in [4.78, 5) is 25.0. The van der Waals surface area contributed by atoms with Crippen LogP contribution in [0.4, 0.5) is 5.88 Å². The van der Waals surface area contributed by atoms with Gasteiger partial charge in [0.05, 0.1) is 18.3 Å². The first-order valence-corrected chi connectivity index (χ1v) is 5.81. The summed E-state index contributed by atoms with van der Waals surface area (Å²) in [6.45, 7) is 5.01. The lowest BCUT2D eigenvalue weighted by molar-refractivity contribution is -0.127. The van der Waals surface area contributed by atoms with Gasteiger partial charge in [0.2, 0.25) is 17.7 Å². The molecule has 1 unspecified atom stereocenters. The minimum absolute atomic E-state index is 0.0589. The van der Waals surface area contributed by atoms with E-state index in [4.69, 9.17) is 4.52 Å². The average Bonchev–Trinajstić information content (AvgIpc) is 2.73. The van der Waals surface area contributed by atoms with Gasteiger partial charge < -0.3 is 9.84 Å². The van der Waals surface area contributed by atoms with Gasteiger partial charge in [0.15, 0.2) is 0 Å². The summed E-state index contributed by atoms with van der Waals surface area (Å²) in [5.74, 6) is 0.0584. The predicted molar refractivity (Wildman–Crippen MR) is 63.9 cm³/mol. The van der Waals surface area contributed by atoms with Crippen molar-refractivity contribution in [3.05, 3.63) is 11.8 Å². The van der Waals surface area contributed by atoms with Gasteiger partial charge in [0.25, 0.3) is 0 Å². The van der Waals surface area contributed by atoms with Crippen LogP contribution in [0.1, 0.15) is 12.6 Å². The summed E-state index contributed by atoms with van der Waals surface area (Å²) in [5.41, 5.74) is 0.704. The molecule has 1 fully saturated rings. The van der Waals surface area contributed by atoms with Crippen molar-refractivity contribution in [2.45, 2.75) is 19.9 Å². The molecule has 98 valence electrons. The first kappa shape index (κ1) is 12.6. The standard InChI is InChI=1S/C11H16N4O3/c1-7-5-10(18-14-7)13-11(17)8(2)15-4-3-12-9(16)6-15/h5,8H,3-4,6H2,1-2H3,(H,12,16)(H,13,17). The highest BCUT2D eigenvalue weighted by Gasteiger charge is 2.26. The normalized spacial score (nSPS) is 18.2. The minimum Gasteiger partial charge on any atom is -0.354 e. The van der Waals surface area contributed by atoms with Crippen LogP contribution in [0.2, 0.25) is 0 Å². The number of carbonyl (C=O) groups excluding carboxylic acids is 2. The van der Waals surface area contributed by atoms with Crippen molar-refractivity contribution in [2.24, 2.45) is 0 Å². The van der Waals surface area contributed by atoms with Crippen LogP contribution in [0, 0.1) is 6.92 Å². The third kappa shape index (κ3) is 2.86. The van der Waals surface area contributed by atoms with Crippen molar-refractivity contribution in [2.75, 3.05) is 25.0 Å². The lowest BCUT2D eigenvalue weighted by Gasteiger charge is -2.30. The van der Waals surface area contributed by atoms with E-state index in [9.17, 15) is 9.59 Å². The number of aryl methyl sites for hydroxylation is 1. The van der Waals surface area contributed by atoms with Crippen LogP contribution in [0.15, 0.2) is 10.6 Å². The molecule has 7 heteroatoms. The van der Waals surface area contributed by atoms with Gasteiger partial charge in [-0.05, 0) is 13.8 Å². The molecule has 0 aromatic carbocycles. The molecule has 0 saturated carbocycles. The summed E-state index contributed by atoms with van der Waals surface area (Å²) in [5, 5.41) is 9.04. The van der Waals surface area contributed by atoms with Gasteiger partial charge in [-0.25, -0.2) is 0 Å². The molecule has 7 nitrogen and oxygen atoms in total. The molecule has 0 aliphatic carbocycles. The van der Waals surface area contributed by atoms with Crippen molar-refractivity contribution in [3.63, 3.8) is 0 Å². The number of amides is 2. The van der Waals surface area contributed by atoms with E-state index in [0.717, 1.165) is 0 Å². The second-order valence-corrected chi connectivity index (χ2v) is 4.32. The Morgan fingerprint density at radius 1 is 1.67 bits per heavy atom. The molecular formula is C11H16N4O3. The molecule has 1 atom stereocenters. The van der Waals surface area contributed by atoms with E-state index in [2.05, 4.69) is 15.8 Å². The fourth-order valence-electron chi connectivity index (χ4n) is 1.80. The smallest absolute Gasteiger partial charge is 0.243 e. The van der Waals surface area contributed by atoms with Gasteiger partial charge in [-0.3, -0.25) is 19.8 Å². The van der Waals surface area contributed by atoms with E-state index in [1.54, 1.807) is 19.9 Å². The third-order valence-electron chi connectivity index (χ3n) is 2.87. The fraction of sp³-hybridized carbons (Fsp3) is 0.545. The van der Waals surface area contributed by atoms with E-state index in [1.807, 2.05) is 4.90 Å². The van der Waals surface area contributed by atoms with Crippen LogP contribution in [0.5, 0.6) is 0 Å². The SMILES string of the molecule is Cc1cc(NC(=O)C(C)N2CCNC(=O)C2)on1. The molecule has 1 saturated heterocycles. The molecule has 1 aliphatic rings. The van der Waals surface area contributed by atoms with Crippen LogP contribution >= 0.6 is 0 Å². The van der Waals surface area contributed by atoms with E-state index >= 15 is 0 Å². The van der Waals surface area contributed by atoms with E-state index in [1.165, 1.54) is 0 Å². The number of hydrogen-bond acceptors (Lipinski definition) is 5. The van der Waals surface area contributed by atoms with Crippen molar-refractivity contribution in [3.8, 4) is 0 Å². The summed E-state index contributed by atoms with van der Waals surface area (Å²) >= 11 is 0. The molecule has 1 aliphatic heterocycles. The van der Waals surface area contributed by atoms with Crippen LogP contribution in [0.3, 0.4) is 0 Å². The fourth-order valence-corrected chi connectivity index (χ4v) is 1.80. The zero-order valence-electron chi connectivity index (χ0n) is 10.4. The number of rotatable bonds is 3. The quantitative estimate of drug-likeness (QED) is 0.774. The van der Waals surface area contributed by atoms with Crippen LogP contribution in [-0.2, 0) is 9.59 Å². The Balaban J connectivity index is 1.93. The van der Waals surface area contributed by atoms with Crippen molar-refractivity contribution < 1.29 is 14.1 Å². The Kier molecular flexibility index (Phi) is 3.61. The summed E-state index contributed by atoms with van der Waals surface area (Å²) in [7, 11) is 0. The summed E-state index contributed by atoms with van der Waals surface area (Å²) in [6.07, 6.45) is 0. The van der Waals surface area contributed by atoms with Crippen LogP contribution in [-0.4, -0.2) is 47.5 Å². The minimum atomic E-state index is -0.388. The number of anilines is 1. The van der Waals surface area contributed by atoms with Gasteiger partial charge in [-0.2, -0.15) is 0 Å².